The van der Waals surface area contributed by atoms with Gasteiger partial charge < -0.3 is 14.5 Å². The molecule has 0 radical (unpaired) electrons. The zero-order chi connectivity index (χ0) is 19.5. The highest BCUT2D eigenvalue weighted by Crippen LogP contribution is 2.34. The minimum Gasteiger partial charge on any atom is -0.456 e. The molecule has 0 saturated heterocycles. The van der Waals surface area contributed by atoms with Crippen LogP contribution in [0.1, 0.15) is 6.85 Å². The van der Waals surface area contributed by atoms with E-state index in [-0.39, 0.29) is 28.7 Å². The number of furan rings is 1. The lowest BCUT2D eigenvalue weighted by atomic mass is 9.79. The van der Waals surface area contributed by atoms with Crippen molar-refractivity contribution in [2.45, 2.75) is 0 Å². The number of benzene rings is 3. The molecule has 0 fully saturated rings. The zero-order valence-corrected chi connectivity index (χ0v) is 11.3. The second-order valence-electron chi connectivity index (χ2n) is 4.88. The second kappa shape index (κ2) is 5.02. The van der Waals surface area contributed by atoms with Gasteiger partial charge in [0.25, 0.3) is 0 Å². The fourth-order valence-electron chi connectivity index (χ4n) is 2.63. The molecule has 0 spiro atoms. The van der Waals surface area contributed by atoms with E-state index in [2.05, 4.69) is 0 Å². The van der Waals surface area contributed by atoms with Crippen molar-refractivity contribution < 1.29 is 21.3 Å². The van der Waals surface area contributed by atoms with Gasteiger partial charge in [-0.3, -0.25) is 0 Å². The summed E-state index contributed by atoms with van der Waals surface area (Å²) < 4.78 is 45.8. The molecule has 2 N–H and O–H groups in total. The molecular weight excluding hydrogens is 275 g/mol. The average molecular weight is 293 g/mol. The van der Waals surface area contributed by atoms with Gasteiger partial charge in [0, 0.05) is 21.8 Å². The Labute approximate surface area is 134 Å². The minimum atomic E-state index is -1.72. The Morgan fingerprint density at radius 3 is 2.27 bits per heavy atom. The Kier molecular flexibility index (Phi) is 2.00. The smallest absolute Gasteiger partial charge is 0.456 e. The molecule has 0 unspecified atom stereocenters. The first-order chi connectivity index (χ1) is 12.8. The topological polar surface area (TPSA) is 53.6 Å². The molecular formula is C18H13BO3. The van der Waals surface area contributed by atoms with Gasteiger partial charge in [-0.15, -0.1) is 0 Å². The van der Waals surface area contributed by atoms with E-state index in [1.54, 1.807) is 30.3 Å². The summed E-state index contributed by atoms with van der Waals surface area (Å²) in [4.78, 5) is 0. The van der Waals surface area contributed by atoms with Crippen molar-refractivity contribution in [3.05, 3.63) is 66.6 Å². The zero-order valence-electron chi connectivity index (χ0n) is 16.3. The summed E-state index contributed by atoms with van der Waals surface area (Å²) in [5.41, 5.74) is 1.17. The lowest BCUT2D eigenvalue weighted by Crippen LogP contribution is -2.29. The molecule has 0 aliphatic rings. The SMILES string of the molecule is [2H]c1c([2H])c([2H])c(-c2cccc3c2oc2c(B(O)O)cccc23)c([2H])c1[2H]. The fourth-order valence-corrected chi connectivity index (χ4v) is 2.63. The summed E-state index contributed by atoms with van der Waals surface area (Å²) in [6, 6.07) is 8.10. The van der Waals surface area contributed by atoms with Crippen molar-refractivity contribution >= 4 is 34.5 Å². The molecule has 0 bridgehead atoms. The first kappa shape index (κ1) is 8.78. The lowest BCUT2D eigenvalue weighted by molar-refractivity contribution is 0.425. The molecule has 0 amide bonds. The van der Waals surface area contributed by atoms with E-state index in [1.807, 2.05) is 0 Å². The minimum absolute atomic E-state index is 0.0387. The van der Waals surface area contributed by atoms with E-state index < -0.39 is 25.2 Å². The molecule has 22 heavy (non-hydrogen) atoms. The van der Waals surface area contributed by atoms with Crippen LogP contribution in [0.2, 0.25) is 0 Å². The third kappa shape index (κ3) is 1.93. The van der Waals surface area contributed by atoms with Gasteiger partial charge in [0.2, 0.25) is 0 Å². The van der Waals surface area contributed by atoms with Crippen molar-refractivity contribution in [2.24, 2.45) is 0 Å². The summed E-state index contributed by atoms with van der Waals surface area (Å²) in [5, 5.41) is 20.5. The van der Waals surface area contributed by atoms with Crippen molar-refractivity contribution in [3.63, 3.8) is 0 Å². The Balaban J connectivity index is 2.14. The third-order valence-corrected chi connectivity index (χ3v) is 3.60. The second-order valence-corrected chi connectivity index (χ2v) is 4.88. The van der Waals surface area contributed by atoms with Gasteiger partial charge in [-0.05, 0) is 5.56 Å². The molecule has 4 rings (SSSR count). The molecule has 0 aliphatic heterocycles. The van der Waals surface area contributed by atoms with Gasteiger partial charge in [-0.1, -0.05) is 66.6 Å². The number of para-hydroxylation sites is 2. The van der Waals surface area contributed by atoms with Crippen molar-refractivity contribution in [1.82, 2.24) is 0 Å². The van der Waals surface area contributed by atoms with Gasteiger partial charge in [0.1, 0.15) is 11.2 Å². The van der Waals surface area contributed by atoms with Gasteiger partial charge in [0.05, 0.1) is 6.85 Å². The predicted octanol–water partition coefficient (Wildman–Crippen LogP) is 2.93. The normalized spacial score (nSPS) is 14.4. The first-order valence-corrected chi connectivity index (χ1v) is 6.70. The maximum absolute atomic E-state index is 9.59. The number of fused-ring (bicyclic) bond motifs is 3. The molecule has 0 aliphatic carbocycles. The van der Waals surface area contributed by atoms with E-state index in [0.717, 1.165) is 0 Å². The molecule has 4 heteroatoms. The summed E-state index contributed by atoms with van der Waals surface area (Å²) in [6.07, 6.45) is 0. The highest BCUT2D eigenvalue weighted by atomic mass is 16.4. The number of hydrogen-bond acceptors (Lipinski definition) is 3. The monoisotopic (exact) mass is 293 g/mol. The average Bonchev–Trinajstić information content (AvgIpc) is 3.04. The molecule has 1 aromatic heterocycles. The molecule has 0 atom stereocenters. The van der Waals surface area contributed by atoms with Crippen LogP contribution in [0.5, 0.6) is 0 Å². The van der Waals surface area contributed by atoms with Crippen molar-refractivity contribution in [2.75, 3.05) is 0 Å². The van der Waals surface area contributed by atoms with Crippen LogP contribution >= 0.6 is 0 Å². The molecule has 106 valence electrons. The summed E-state index contributed by atoms with van der Waals surface area (Å²) in [6.45, 7) is 0. The summed E-state index contributed by atoms with van der Waals surface area (Å²) >= 11 is 0. The van der Waals surface area contributed by atoms with Crippen LogP contribution < -0.4 is 5.46 Å². The third-order valence-electron chi connectivity index (χ3n) is 3.60. The van der Waals surface area contributed by atoms with E-state index in [0.29, 0.717) is 21.9 Å². The highest BCUT2D eigenvalue weighted by Gasteiger charge is 2.20. The molecule has 4 aromatic rings. The van der Waals surface area contributed by atoms with Crippen LogP contribution in [0.15, 0.2) is 71.0 Å². The Bertz CT molecular complexity index is 1190. The van der Waals surface area contributed by atoms with Gasteiger partial charge in [-0.2, -0.15) is 0 Å². The highest BCUT2D eigenvalue weighted by molar-refractivity contribution is 6.61. The molecule has 0 saturated carbocycles. The van der Waals surface area contributed by atoms with E-state index in [1.165, 1.54) is 6.07 Å². The Hall–Kier alpha value is -2.56. The van der Waals surface area contributed by atoms with E-state index in [9.17, 15) is 10.0 Å². The maximum Gasteiger partial charge on any atom is 0.492 e. The van der Waals surface area contributed by atoms with E-state index in [4.69, 9.17) is 11.3 Å². The molecule has 3 aromatic carbocycles. The maximum atomic E-state index is 9.59. The van der Waals surface area contributed by atoms with Crippen molar-refractivity contribution in [3.8, 4) is 11.1 Å². The standard InChI is InChI=1S/C18H13BO3/c20-19(21)16-11-5-10-15-14-9-4-8-13(17(14)22-18(15)16)12-6-2-1-3-7-12/h1-11,20-21H/i1D,2D,3D,6D,7D. The molecule has 3 nitrogen and oxygen atoms in total. The predicted molar refractivity (Wildman–Crippen MR) is 89.0 cm³/mol. The largest absolute Gasteiger partial charge is 0.492 e. The van der Waals surface area contributed by atoms with Crippen LogP contribution in [-0.4, -0.2) is 17.2 Å². The van der Waals surface area contributed by atoms with Crippen LogP contribution in [0.25, 0.3) is 33.1 Å². The van der Waals surface area contributed by atoms with Crippen LogP contribution in [0.3, 0.4) is 0 Å². The molecule has 1 heterocycles. The lowest BCUT2D eigenvalue weighted by Gasteiger charge is -2.01. The Morgan fingerprint density at radius 1 is 0.864 bits per heavy atom. The fraction of sp³-hybridized carbons (Fsp3) is 0. The summed E-state index contributed by atoms with van der Waals surface area (Å²) in [5.74, 6) is 0. The van der Waals surface area contributed by atoms with Crippen LogP contribution in [-0.2, 0) is 0 Å². The van der Waals surface area contributed by atoms with E-state index >= 15 is 0 Å². The quantitative estimate of drug-likeness (QED) is 0.559. The number of hydrogen-bond donors (Lipinski definition) is 2. The van der Waals surface area contributed by atoms with Crippen LogP contribution in [0.4, 0.5) is 0 Å². The van der Waals surface area contributed by atoms with Gasteiger partial charge in [0.15, 0.2) is 0 Å². The Morgan fingerprint density at radius 2 is 1.55 bits per heavy atom. The first-order valence-electron chi connectivity index (χ1n) is 9.20. The van der Waals surface area contributed by atoms with Gasteiger partial charge in [-0.25, -0.2) is 0 Å². The van der Waals surface area contributed by atoms with Crippen molar-refractivity contribution in [1.29, 1.82) is 0 Å². The summed E-state index contributed by atoms with van der Waals surface area (Å²) in [7, 11) is -1.72. The van der Waals surface area contributed by atoms with Gasteiger partial charge >= 0.3 is 7.12 Å². The number of rotatable bonds is 2. The van der Waals surface area contributed by atoms with Crippen LogP contribution in [0, 0.1) is 0 Å².